The molecule has 0 spiro atoms. The molecule has 134 valence electrons. The Morgan fingerprint density at radius 2 is 1.92 bits per heavy atom. The Labute approximate surface area is 145 Å². The van der Waals surface area contributed by atoms with E-state index in [4.69, 9.17) is 0 Å². The number of hydrogen-bond donors (Lipinski definition) is 2. The van der Waals surface area contributed by atoms with Crippen molar-refractivity contribution in [2.45, 2.75) is 52.0 Å². The molecule has 0 aromatic heterocycles. The third-order valence-corrected chi connectivity index (χ3v) is 4.64. The van der Waals surface area contributed by atoms with Gasteiger partial charge in [-0.25, -0.2) is 13.1 Å². The topological polar surface area (TPSA) is 75.3 Å². The fourth-order valence-corrected chi connectivity index (χ4v) is 3.03. The molecular formula is C18H28N2O3S. The fourth-order valence-electron chi connectivity index (χ4n) is 2.21. The number of carbonyl (C=O) groups is 1. The van der Waals surface area contributed by atoms with Gasteiger partial charge in [-0.2, -0.15) is 0 Å². The van der Waals surface area contributed by atoms with Gasteiger partial charge in [0.05, 0.1) is 0 Å². The van der Waals surface area contributed by atoms with Crippen LogP contribution in [0.5, 0.6) is 0 Å². The van der Waals surface area contributed by atoms with Crippen molar-refractivity contribution < 1.29 is 13.2 Å². The predicted octanol–water partition coefficient (Wildman–Crippen LogP) is 3.05. The number of rotatable bonds is 11. The van der Waals surface area contributed by atoms with Crippen LogP contribution in [0, 0.1) is 0 Å². The SMILES string of the molecule is CCCCC[C@@H](C)NC(=O)CCNS(=O)(=O)/C=C/c1ccccc1. The first kappa shape index (κ1) is 20.4. The maximum Gasteiger partial charge on any atom is 0.233 e. The van der Waals surface area contributed by atoms with Crippen molar-refractivity contribution in [3.8, 4) is 0 Å². The lowest BCUT2D eigenvalue weighted by Crippen LogP contribution is -2.35. The van der Waals surface area contributed by atoms with Crippen LogP contribution in [0.3, 0.4) is 0 Å². The van der Waals surface area contributed by atoms with Gasteiger partial charge in [-0.3, -0.25) is 4.79 Å². The summed E-state index contributed by atoms with van der Waals surface area (Å²) >= 11 is 0. The second-order valence-corrected chi connectivity index (χ2v) is 7.52. The summed E-state index contributed by atoms with van der Waals surface area (Å²) in [5.74, 6) is -0.131. The maximum atomic E-state index is 11.9. The van der Waals surface area contributed by atoms with Gasteiger partial charge in [0.1, 0.15) is 0 Å². The molecule has 6 heteroatoms. The van der Waals surface area contributed by atoms with Crippen molar-refractivity contribution >= 4 is 22.0 Å². The van der Waals surface area contributed by atoms with Crippen molar-refractivity contribution in [2.24, 2.45) is 0 Å². The standard InChI is InChI=1S/C18H28N2O3S/c1-3-4-6-9-16(2)20-18(21)12-14-19-24(22,23)15-13-17-10-7-5-8-11-17/h5,7-8,10-11,13,15-16,19H,3-4,6,9,12,14H2,1-2H3,(H,20,21)/b15-13+/t16-/m1/s1. The molecule has 1 rings (SSSR count). The Balaban J connectivity index is 2.30. The van der Waals surface area contributed by atoms with E-state index in [1.165, 1.54) is 6.08 Å². The van der Waals surface area contributed by atoms with Crippen molar-refractivity contribution in [1.82, 2.24) is 10.0 Å². The van der Waals surface area contributed by atoms with Crippen LogP contribution in [-0.2, 0) is 14.8 Å². The first-order valence-electron chi connectivity index (χ1n) is 8.45. The highest BCUT2D eigenvalue weighted by Gasteiger charge is 2.09. The molecule has 0 heterocycles. The summed E-state index contributed by atoms with van der Waals surface area (Å²) in [5, 5.41) is 4.01. The zero-order valence-corrected chi connectivity index (χ0v) is 15.3. The maximum absolute atomic E-state index is 11.9. The van der Waals surface area contributed by atoms with Crippen molar-refractivity contribution in [3.05, 3.63) is 41.3 Å². The second kappa shape index (κ2) is 11.0. The highest BCUT2D eigenvalue weighted by molar-refractivity contribution is 7.92. The fraction of sp³-hybridized carbons (Fsp3) is 0.500. The summed E-state index contributed by atoms with van der Waals surface area (Å²) in [6.45, 7) is 4.21. The molecule has 1 amide bonds. The average molecular weight is 352 g/mol. The van der Waals surface area contributed by atoms with Gasteiger partial charge in [0.2, 0.25) is 15.9 Å². The molecule has 0 aliphatic heterocycles. The lowest BCUT2D eigenvalue weighted by molar-refractivity contribution is -0.121. The van der Waals surface area contributed by atoms with Crippen LogP contribution in [0.15, 0.2) is 35.7 Å². The number of nitrogens with one attached hydrogen (secondary N) is 2. The Bertz CT molecular complexity index is 612. The van der Waals surface area contributed by atoms with E-state index in [2.05, 4.69) is 17.0 Å². The van der Waals surface area contributed by atoms with Crippen LogP contribution < -0.4 is 10.0 Å². The third kappa shape index (κ3) is 9.47. The van der Waals surface area contributed by atoms with Gasteiger partial charge in [0.25, 0.3) is 0 Å². The van der Waals surface area contributed by atoms with Gasteiger partial charge in [-0.05, 0) is 25.0 Å². The first-order chi connectivity index (χ1) is 11.4. The summed E-state index contributed by atoms with van der Waals surface area (Å²) in [6, 6.07) is 9.31. The number of unbranched alkanes of at least 4 members (excludes halogenated alkanes) is 2. The zero-order valence-electron chi connectivity index (χ0n) is 14.5. The summed E-state index contributed by atoms with van der Waals surface area (Å²) in [6.07, 6.45) is 6.02. The van der Waals surface area contributed by atoms with Gasteiger partial charge >= 0.3 is 0 Å². The molecule has 0 fully saturated rings. The number of carbonyl (C=O) groups excluding carboxylic acids is 1. The summed E-state index contributed by atoms with van der Waals surface area (Å²) in [5.41, 5.74) is 0.807. The van der Waals surface area contributed by atoms with Gasteiger partial charge < -0.3 is 5.32 Å². The Hall–Kier alpha value is -1.66. The van der Waals surface area contributed by atoms with E-state index in [0.717, 1.165) is 36.7 Å². The monoisotopic (exact) mass is 352 g/mol. The highest BCUT2D eigenvalue weighted by atomic mass is 32.2. The Morgan fingerprint density at radius 3 is 2.58 bits per heavy atom. The van der Waals surface area contributed by atoms with Crippen LogP contribution in [0.1, 0.15) is 51.5 Å². The van der Waals surface area contributed by atoms with E-state index in [0.29, 0.717) is 0 Å². The van der Waals surface area contributed by atoms with Gasteiger partial charge in [0.15, 0.2) is 0 Å². The largest absolute Gasteiger partial charge is 0.354 e. The predicted molar refractivity (Wildman–Crippen MR) is 98.8 cm³/mol. The molecule has 0 radical (unpaired) electrons. The number of sulfonamides is 1. The molecule has 2 N–H and O–H groups in total. The molecule has 0 bridgehead atoms. The minimum absolute atomic E-state index is 0.0922. The van der Waals surface area contributed by atoms with Crippen LogP contribution in [0.4, 0.5) is 0 Å². The Kier molecular flexibility index (Phi) is 9.34. The van der Waals surface area contributed by atoms with Gasteiger partial charge in [0, 0.05) is 24.4 Å². The third-order valence-electron chi connectivity index (χ3n) is 3.54. The van der Waals surface area contributed by atoms with Crippen molar-refractivity contribution in [1.29, 1.82) is 0 Å². The average Bonchev–Trinajstić information content (AvgIpc) is 2.54. The number of amides is 1. The molecule has 0 unspecified atom stereocenters. The van der Waals surface area contributed by atoms with E-state index in [9.17, 15) is 13.2 Å². The first-order valence-corrected chi connectivity index (χ1v) is 9.99. The highest BCUT2D eigenvalue weighted by Crippen LogP contribution is 2.04. The smallest absolute Gasteiger partial charge is 0.233 e. The van der Waals surface area contributed by atoms with Crippen LogP contribution in [0.25, 0.3) is 6.08 Å². The lowest BCUT2D eigenvalue weighted by atomic mass is 10.1. The minimum atomic E-state index is -3.53. The molecule has 24 heavy (non-hydrogen) atoms. The quantitative estimate of drug-likeness (QED) is 0.601. The summed E-state index contributed by atoms with van der Waals surface area (Å²) in [4.78, 5) is 11.8. The second-order valence-electron chi connectivity index (χ2n) is 5.87. The van der Waals surface area contributed by atoms with E-state index in [-0.39, 0.29) is 24.9 Å². The minimum Gasteiger partial charge on any atom is -0.354 e. The van der Waals surface area contributed by atoms with Crippen LogP contribution in [-0.4, -0.2) is 26.9 Å². The number of hydrogen-bond acceptors (Lipinski definition) is 3. The molecule has 0 aliphatic rings. The van der Waals surface area contributed by atoms with E-state index < -0.39 is 10.0 Å². The normalized spacial score (nSPS) is 13.1. The summed E-state index contributed by atoms with van der Waals surface area (Å²) < 4.78 is 26.1. The Morgan fingerprint density at radius 1 is 1.21 bits per heavy atom. The van der Waals surface area contributed by atoms with Crippen LogP contribution in [0.2, 0.25) is 0 Å². The van der Waals surface area contributed by atoms with Crippen molar-refractivity contribution in [3.63, 3.8) is 0 Å². The van der Waals surface area contributed by atoms with E-state index in [1.54, 1.807) is 0 Å². The van der Waals surface area contributed by atoms with Gasteiger partial charge in [-0.1, -0.05) is 56.5 Å². The van der Waals surface area contributed by atoms with Crippen LogP contribution >= 0.6 is 0 Å². The molecule has 1 atom stereocenters. The van der Waals surface area contributed by atoms with E-state index >= 15 is 0 Å². The molecule has 5 nitrogen and oxygen atoms in total. The molecule has 1 aromatic rings. The van der Waals surface area contributed by atoms with E-state index in [1.807, 2.05) is 37.3 Å². The molecule has 0 aliphatic carbocycles. The van der Waals surface area contributed by atoms with Crippen molar-refractivity contribution in [2.75, 3.05) is 6.54 Å². The number of benzene rings is 1. The molecular weight excluding hydrogens is 324 g/mol. The molecule has 1 aromatic carbocycles. The molecule has 0 saturated carbocycles. The lowest BCUT2D eigenvalue weighted by Gasteiger charge is -2.13. The summed E-state index contributed by atoms with van der Waals surface area (Å²) in [7, 11) is -3.53. The molecule has 0 saturated heterocycles. The zero-order chi connectivity index (χ0) is 17.8. The van der Waals surface area contributed by atoms with Gasteiger partial charge in [-0.15, -0.1) is 0 Å².